The van der Waals surface area contributed by atoms with Crippen molar-refractivity contribution < 1.29 is 23.7 Å². The summed E-state index contributed by atoms with van der Waals surface area (Å²) in [6, 6.07) is 20.1. The fraction of sp³-hybridized carbons (Fsp3) is 0.382. The molecule has 3 aliphatic rings. The Morgan fingerprint density at radius 2 is 1.89 bits per heavy atom. The van der Waals surface area contributed by atoms with E-state index in [0.717, 1.165) is 95.6 Å². The average Bonchev–Trinajstić information content (AvgIpc) is 3.63. The number of carbonyl (C=O) groups excluding carboxylic acids is 1. The van der Waals surface area contributed by atoms with Crippen molar-refractivity contribution in [2.45, 2.75) is 50.5 Å². The van der Waals surface area contributed by atoms with Crippen molar-refractivity contribution in [3.05, 3.63) is 82.6 Å². The number of carbonyl (C=O) groups is 1. The minimum Gasteiger partial charge on any atom is -0.485 e. The van der Waals surface area contributed by atoms with Crippen LogP contribution in [0.1, 0.15) is 58.0 Å². The second-order valence-electron chi connectivity index (χ2n) is 11.8. The maximum absolute atomic E-state index is 12.2. The van der Waals surface area contributed by atoms with E-state index in [2.05, 4.69) is 27.7 Å². The fourth-order valence-electron chi connectivity index (χ4n) is 6.57. The zero-order valence-electron chi connectivity index (χ0n) is 24.6. The van der Waals surface area contributed by atoms with Crippen LogP contribution in [0.2, 0.25) is 0 Å². The molecule has 5 aromatic rings. The van der Waals surface area contributed by atoms with Gasteiger partial charge >= 0.3 is 5.97 Å². The van der Waals surface area contributed by atoms with E-state index in [1.54, 1.807) is 17.4 Å². The normalized spacial score (nSPS) is 20.6. The number of fused-ring (bicyclic) bond motifs is 3. The molecular weight excluding hydrogens is 576 g/mol. The molecule has 2 saturated heterocycles. The molecule has 3 aromatic carbocycles. The lowest BCUT2D eigenvalue weighted by Crippen LogP contribution is -2.35. The van der Waals surface area contributed by atoms with Crippen LogP contribution in [-0.2, 0) is 22.6 Å². The van der Waals surface area contributed by atoms with Gasteiger partial charge < -0.3 is 23.5 Å². The van der Waals surface area contributed by atoms with Crippen LogP contribution in [0.5, 0.6) is 11.5 Å². The van der Waals surface area contributed by atoms with E-state index in [4.69, 9.17) is 28.9 Å². The Morgan fingerprint density at radius 3 is 2.68 bits per heavy atom. The molecular formula is C34H34N4O5S. The van der Waals surface area contributed by atoms with E-state index in [1.807, 2.05) is 36.4 Å². The topological polar surface area (TPSA) is 87.9 Å². The van der Waals surface area contributed by atoms with Gasteiger partial charge in [-0.05, 0) is 74.7 Å². The summed E-state index contributed by atoms with van der Waals surface area (Å²) >= 11 is 1.67. The number of methoxy groups -OCH3 is 1. The van der Waals surface area contributed by atoms with Gasteiger partial charge in [-0.15, -0.1) is 11.3 Å². The van der Waals surface area contributed by atoms with Crippen molar-refractivity contribution in [1.29, 1.82) is 0 Å². The Hall–Kier alpha value is -3.99. The number of imidazole rings is 1. The number of benzene rings is 3. The lowest BCUT2D eigenvalue weighted by molar-refractivity contribution is -0.0592. The van der Waals surface area contributed by atoms with Gasteiger partial charge in [0.05, 0.1) is 53.1 Å². The zero-order chi connectivity index (χ0) is 29.6. The summed E-state index contributed by atoms with van der Waals surface area (Å²) in [5.41, 5.74) is 4.60. The first kappa shape index (κ1) is 27.6. The van der Waals surface area contributed by atoms with Crippen molar-refractivity contribution >= 4 is 38.6 Å². The Labute approximate surface area is 259 Å². The number of likely N-dealkylation sites (tertiary alicyclic amines) is 1. The molecule has 0 bridgehead atoms. The van der Waals surface area contributed by atoms with E-state index in [0.29, 0.717) is 18.1 Å². The molecule has 2 atom stereocenters. The van der Waals surface area contributed by atoms with Crippen LogP contribution in [0.4, 0.5) is 0 Å². The van der Waals surface area contributed by atoms with Crippen LogP contribution in [0.15, 0.2) is 60.7 Å². The molecule has 0 aliphatic carbocycles. The first-order valence-electron chi connectivity index (χ1n) is 15.3. The molecule has 9 nitrogen and oxygen atoms in total. The average molecular weight is 611 g/mol. The smallest absolute Gasteiger partial charge is 0.337 e. The molecule has 1 unspecified atom stereocenters. The standard InChI is InChI=1S/C34H34N4O5S/c1-40-34(39)22-9-10-25-27(17-22)38(18-23-13-16-41-23)31(35-25)19-37-14-11-21(12-15-37)24-5-4-7-28-32(24)42-20-29(43-28)33-36-26-6-2-3-8-30(26)44-33/h2-10,17,21,23,29H,11-16,18-20H2,1H3/t23?,29-/m0/s1. The van der Waals surface area contributed by atoms with Crippen LogP contribution in [0.3, 0.4) is 0 Å². The molecule has 2 aromatic heterocycles. The van der Waals surface area contributed by atoms with Gasteiger partial charge in [0.25, 0.3) is 0 Å². The molecule has 2 fully saturated rings. The molecule has 0 amide bonds. The number of para-hydroxylation sites is 2. The largest absolute Gasteiger partial charge is 0.485 e. The zero-order valence-corrected chi connectivity index (χ0v) is 25.4. The Balaban J connectivity index is 0.969. The van der Waals surface area contributed by atoms with Crippen LogP contribution >= 0.6 is 11.3 Å². The van der Waals surface area contributed by atoms with E-state index in [1.165, 1.54) is 12.7 Å². The lowest BCUT2D eigenvalue weighted by atomic mass is 9.88. The van der Waals surface area contributed by atoms with Gasteiger partial charge in [0.1, 0.15) is 17.4 Å². The number of piperidine rings is 1. The number of aromatic nitrogens is 3. The Morgan fingerprint density at radius 1 is 1.02 bits per heavy atom. The molecule has 0 saturated carbocycles. The predicted octanol–water partition coefficient (Wildman–Crippen LogP) is 6.11. The summed E-state index contributed by atoms with van der Waals surface area (Å²) in [4.78, 5) is 24.5. The van der Waals surface area contributed by atoms with Gasteiger partial charge in [-0.2, -0.15) is 0 Å². The summed E-state index contributed by atoms with van der Waals surface area (Å²) in [6.45, 7) is 4.66. The summed E-state index contributed by atoms with van der Waals surface area (Å²) < 4.78 is 27.0. The number of hydrogen-bond donors (Lipinski definition) is 0. The summed E-state index contributed by atoms with van der Waals surface area (Å²) in [6.07, 6.45) is 3.07. The highest BCUT2D eigenvalue weighted by atomic mass is 32.1. The molecule has 10 heteroatoms. The molecule has 8 rings (SSSR count). The monoisotopic (exact) mass is 610 g/mol. The van der Waals surface area contributed by atoms with Crippen molar-refractivity contribution in [3.63, 3.8) is 0 Å². The van der Waals surface area contributed by atoms with E-state index < -0.39 is 0 Å². The van der Waals surface area contributed by atoms with Gasteiger partial charge in [-0.1, -0.05) is 24.3 Å². The molecule has 226 valence electrons. The van der Waals surface area contributed by atoms with Crippen LogP contribution < -0.4 is 9.47 Å². The molecule has 44 heavy (non-hydrogen) atoms. The lowest BCUT2D eigenvalue weighted by Gasteiger charge is -2.34. The van der Waals surface area contributed by atoms with Crippen LogP contribution in [0.25, 0.3) is 21.3 Å². The molecule has 0 N–H and O–H groups in total. The van der Waals surface area contributed by atoms with Gasteiger partial charge in [0, 0.05) is 12.2 Å². The van der Waals surface area contributed by atoms with Gasteiger partial charge in [-0.3, -0.25) is 4.90 Å². The molecule has 0 radical (unpaired) electrons. The number of thiazole rings is 1. The number of hydrogen-bond acceptors (Lipinski definition) is 9. The highest BCUT2D eigenvalue weighted by molar-refractivity contribution is 7.18. The molecule has 0 spiro atoms. The molecule has 3 aliphatic heterocycles. The molecule has 5 heterocycles. The van der Waals surface area contributed by atoms with Crippen LogP contribution in [0, 0.1) is 0 Å². The maximum Gasteiger partial charge on any atom is 0.337 e. The number of ether oxygens (including phenoxy) is 4. The quantitative estimate of drug-likeness (QED) is 0.204. The summed E-state index contributed by atoms with van der Waals surface area (Å²) in [5, 5.41) is 0.951. The highest BCUT2D eigenvalue weighted by Gasteiger charge is 2.31. The Bertz CT molecular complexity index is 1810. The van der Waals surface area contributed by atoms with Crippen molar-refractivity contribution in [3.8, 4) is 11.5 Å². The van der Waals surface area contributed by atoms with Crippen molar-refractivity contribution in [1.82, 2.24) is 19.4 Å². The number of nitrogens with zero attached hydrogens (tertiary/aromatic N) is 4. The third-order valence-electron chi connectivity index (χ3n) is 9.06. The predicted molar refractivity (Wildman–Crippen MR) is 168 cm³/mol. The fourth-order valence-corrected chi connectivity index (χ4v) is 7.56. The summed E-state index contributed by atoms with van der Waals surface area (Å²) in [5.74, 6) is 2.75. The first-order valence-corrected chi connectivity index (χ1v) is 16.1. The first-order chi connectivity index (χ1) is 21.6. The number of esters is 1. The second kappa shape index (κ2) is 11.5. The third kappa shape index (κ3) is 5.10. The maximum atomic E-state index is 12.2. The second-order valence-corrected chi connectivity index (χ2v) is 12.8. The van der Waals surface area contributed by atoms with Crippen molar-refractivity contribution in [2.24, 2.45) is 0 Å². The summed E-state index contributed by atoms with van der Waals surface area (Å²) in [7, 11) is 1.41. The van der Waals surface area contributed by atoms with E-state index in [9.17, 15) is 4.79 Å². The van der Waals surface area contributed by atoms with Crippen LogP contribution in [-0.4, -0.2) is 64.9 Å². The van der Waals surface area contributed by atoms with E-state index >= 15 is 0 Å². The number of rotatable bonds is 7. The minimum atomic E-state index is -0.340. The van der Waals surface area contributed by atoms with Gasteiger partial charge in [0.2, 0.25) is 0 Å². The van der Waals surface area contributed by atoms with E-state index in [-0.39, 0.29) is 18.2 Å². The third-order valence-corrected chi connectivity index (χ3v) is 10.2. The van der Waals surface area contributed by atoms with Gasteiger partial charge in [-0.25, -0.2) is 14.8 Å². The van der Waals surface area contributed by atoms with Gasteiger partial charge in [0.15, 0.2) is 17.6 Å². The Kier molecular flexibility index (Phi) is 7.20. The van der Waals surface area contributed by atoms with Crippen molar-refractivity contribution in [2.75, 3.05) is 33.4 Å². The SMILES string of the molecule is COC(=O)c1ccc2nc(CN3CCC(c4cccc5c4OC[C@@H](c4nc6ccccc6s4)O5)CC3)n(CC3CCO3)c2c1. The highest BCUT2D eigenvalue weighted by Crippen LogP contribution is 2.45. The minimum absolute atomic E-state index is 0.180.